The van der Waals surface area contributed by atoms with Crippen LogP contribution in [0.25, 0.3) is 10.9 Å². The van der Waals surface area contributed by atoms with Gasteiger partial charge in [-0.2, -0.15) is 0 Å². The largest absolute Gasteiger partial charge is 0.493 e. The van der Waals surface area contributed by atoms with Crippen LogP contribution < -0.4 is 9.47 Å². The molecule has 0 radical (unpaired) electrons. The van der Waals surface area contributed by atoms with Gasteiger partial charge in [0.2, 0.25) is 0 Å². The van der Waals surface area contributed by atoms with E-state index in [0.717, 1.165) is 22.0 Å². The van der Waals surface area contributed by atoms with E-state index in [-0.39, 0.29) is 6.29 Å². The van der Waals surface area contributed by atoms with E-state index >= 15 is 0 Å². The van der Waals surface area contributed by atoms with Crippen LogP contribution in [-0.2, 0) is 16.1 Å². The Morgan fingerprint density at radius 3 is 2.67 bits per heavy atom. The summed E-state index contributed by atoms with van der Waals surface area (Å²) in [5.41, 5.74) is 2.94. The maximum absolute atomic E-state index is 6.07. The van der Waals surface area contributed by atoms with Crippen molar-refractivity contribution in [1.29, 1.82) is 0 Å². The van der Waals surface area contributed by atoms with E-state index in [1.54, 1.807) is 7.11 Å². The third-order valence-corrected chi connectivity index (χ3v) is 4.12. The van der Waals surface area contributed by atoms with Crippen LogP contribution >= 0.6 is 0 Å². The van der Waals surface area contributed by atoms with Crippen molar-refractivity contribution in [2.45, 2.75) is 12.9 Å². The first-order valence-corrected chi connectivity index (χ1v) is 7.94. The molecule has 1 fully saturated rings. The van der Waals surface area contributed by atoms with Gasteiger partial charge in [-0.1, -0.05) is 30.3 Å². The molecule has 0 atom stereocenters. The molecule has 0 aliphatic carbocycles. The lowest BCUT2D eigenvalue weighted by Gasteiger charge is -2.17. The van der Waals surface area contributed by atoms with E-state index in [1.807, 2.05) is 48.7 Å². The highest BCUT2D eigenvalue weighted by atomic mass is 16.7. The van der Waals surface area contributed by atoms with Crippen molar-refractivity contribution in [2.75, 3.05) is 20.3 Å². The zero-order valence-corrected chi connectivity index (χ0v) is 13.5. The maximum atomic E-state index is 6.07. The average Bonchev–Trinajstić information content (AvgIpc) is 3.31. The summed E-state index contributed by atoms with van der Waals surface area (Å²) in [4.78, 5) is 3.25. The minimum absolute atomic E-state index is 0.361. The molecule has 5 heteroatoms. The number of hydrogen-bond acceptors (Lipinski definition) is 4. The molecule has 1 N–H and O–H groups in total. The summed E-state index contributed by atoms with van der Waals surface area (Å²) >= 11 is 0. The molecule has 1 saturated heterocycles. The van der Waals surface area contributed by atoms with Gasteiger partial charge in [-0.15, -0.1) is 0 Å². The average molecular weight is 325 g/mol. The summed E-state index contributed by atoms with van der Waals surface area (Å²) in [6, 6.07) is 14.0. The molecule has 3 aromatic rings. The number of fused-ring (bicyclic) bond motifs is 1. The number of H-pyrrole nitrogens is 1. The third-order valence-electron chi connectivity index (χ3n) is 4.12. The first-order chi connectivity index (χ1) is 11.9. The van der Waals surface area contributed by atoms with E-state index in [2.05, 4.69) is 4.98 Å². The molecule has 1 aliphatic rings. The fraction of sp³-hybridized carbons (Fsp3) is 0.263. The lowest BCUT2D eigenvalue weighted by Crippen LogP contribution is -2.03. The normalized spacial score (nSPS) is 15.0. The first-order valence-electron chi connectivity index (χ1n) is 7.94. The minimum atomic E-state index is -0.361. The van der Waals surface area contributed by atoms with Crippen LogP contribution in [0, 0.1) is 0 Å². The number of methoxy groups -OCH3 is 1. The fourth-order valence-electron chi connectivity index (χ4n) is 2.96. The van der Waals surface area contributed by atoms with Crippen molar-refractivity contribution in [3.05, 3.63) is 59.8 Å². The molecule has 4 rings (SSSR count). The van der Waals surface area contributed by atoms with E-state index in [0.29, 0.717) is 31.3 Å². The number of hydrogen-bond donors (Lipinski definition) is 1. The Kier molecular flexibility index (Phi) is 4.11. The number of ether oxygens (including phenoxy) is 4. The zero-order valence-electron chi connectivity index (χ0n) is 13.5. The Labute approximate surface area is 140 Å². The van der Waals surface area contributed by atoms with Crippen LogP contribution in [0.2, 0.25) is 0 Å². The molecule has 0 saturated carbocycles. The van der Waals surface area contributed by atoms with Crippen molar-refractivity contribution >= 4 is 10.9 Å². The SMILES string of the molecule is COc1cc(C2OCCO2)c2cc[nH]c2c1OCc1ccccc1. The van der Waals surface area contributed by atoms with Crippen LogP contribution in [0.3, 0.4) is 0 Å². The third kappa shape index (κ3) is 2.72. The Morgan fingerprint density at radius 1 is 1.12 bits per heavy atom. The number of rotatable bonds is 5. The number of benzene rings is 2. The van der Waals surface area contributed by atoms with E-state index in [9.17, 15) is 0 Å². The second-order valence-corrected chi connectivity index (χ2v) is 5.61. The zero-order chi connectivity index (χ0) is 16.4. The summed E-state index contributed by atoms with van der Waals surface area (Å²) in [7, 11) is 1.64. The van der Waals surface area contributed by atoms with Gasteiger partial charge in [-0.3, -0.25) is 0 Å². The van der Waals surface area contributed by atoms with Crippen molar-refractivity contribution in [3.63, 3.8) is 0 Å². The Bertz CT molecular complexity index is 822. The van der Waals surface area contributed by atoms with Gasteiger partial charge < -0.3 is 23.9 Å². The molecule has 5 nitrogen and oxygen atoms in total. The van der Waals surface area contributed by atoms with Gasteiger partial charge in [0.1, 0.15) is 6.61 Å². The van der Waals surface area contributed by atoms with Gasteiger partial charge in [0, 0.05) is 17.1 Å². The van der Waals surface area contributed by atoms with Gasteiger partial charge in [0.15, 0.2) is 17.8 Å². The summed E-state index contributed by atoms with van der Waals surface area (Å²) in [5, 5.41) is 1.02. The van der Waals surface area contributed by atoms with E-state index in [1.165, 1.54) is 0 Å². The monoisotopic (exact) mass is 325 g/mol. The van der Waals surface area contributed by atoms with Crippen LogP contribution in [0.15, 0.2) is 48.7 Å². The predicted octanol–water partition coefficient (Wildman–Crippen LogP) is 3.80. The van der Waals surface area contributed by atoms with Gasteiger partial charge >= 0.3 is 0 Å². The molecule has 0 amide bonds. The molecular weight excluding hydrogens is 306 g/mol. The highest BCUT2D eigenvalue weighted by Gasteiger charge is 2.24. The van der Waals surface area contributed by atoms with E-state index < -0.39 is 0 Å². The van der Waals surface area contributed by atoms with Gasteiger partial charge in [-0.25, -0.2) is 0 Å². The molecule has 1 aromatic heterocycles. The fourth-order valence-corrected chi connectivity index (χ4v) is 2.96. The van der Waals surface area contributed by atoms with Crippen molar-refractivity contribution in [3.8, 4) is 11.5 Å². The van der Waals surface area contributed by atoms with Crippen LogP contribution in [-0.4, -0.2) is 25.3 Å². The Morgan fingerprint density at radius 2 is 1.92 bits per heavy atom. The second kappa shape index (κ2) is 6.55. The van der Waals surface area contributed by atoms with Crippen molar-refractivity contribution in [1.82, 2.24) is 4.98 Å². The number of aromatic nitrogens is 1. The van der Waals surface area contributed by atoms with Gasteiger partial charge in [0.05, 0.1) is 25.8 Å². The molecule has 2 heterocycles. The van der Waals surface area contributed by atoms with Crippen molar-refractivity contribution < 1.29 is 18.9 Å². The standard InChI is InChI=1S/C19H19NO4/c1-21-16-11-15(19-22-9-10-23-19)14-7-8-20-17(14)18(16)24-12-13-5-3-2-4-6-13/h2-8,11,19-20H,9-10,12H2,1H3. The topological polar surface area (TPSA) is 52.7 Å². The molecule has 0 unspecified atom stereocenters. The maximum Gasteiger partial charge on any atom is 0.185 e. The van der Waals surface area contributed by atoms with Gasteiger partial charge in [-0.05, 0) is 17.7 Å². The Hall–Kier alpha value is -2.50. The lowest BCUT2D eigenvalue weighted by atomic mass is 10.1. The van der Waals surface area contributed by atoms with Crippen LogP contribution in [0.5, 0.6) is 11.5 Å². The lowest BCUT2D eigenvalue weighted by molar-refractivity contribution is -0.0431. The summed E-state index contributed by atoms with van der Waals surface area (Å²) in [5.74, 6) is 1.36. The second-order valence-electron chi connectivity index (χ2n) is 5.61. The molecule has 24 heavy (non-hydrogen) atoms. The number of aromatic amines is 1. The quantitative estimate of drug-likeness (QED) is 0.775. The molecule has 0 bridgehead atoms. The predicted molar refractivity (Wildman–Crippen MR) is 90.3 cm³/mol. The van der Waals surface area contributed by atoms with Crippen molar-refractivity contribution in [2.24, 2.45) is 0 Å². The van der Waals surface area contributed by atoms with E-state index in [4.69, 9.17) is 18.9 Å². The Balaban J connectivity index is 1.72. The van der Waals surface area contributed by atoms with Crippen LogP contribution in [0.4, 0.5) is 0 Å². The molecule has 1 aliphatic heterocycles. The molecule has 124 valence electrons. The minimum Gasteiger partial charge on any atom is -0.493 e. The molecule has 0 spiro atoms. The van der Waals surface area contributed by atoms with Crippen LogP contribution in [0.1, 0.15) is 17.4 Å². The summed E-state index contributed by atoms with van der Waals surface area (Å²) < 4.78 is 22.9. The summed E-state index contributed by atoms with van der Waals surface area (Å²) in [6.45, 7) is 1.68. The molecular formula is C19H19NO4. The molecule has 2 aromatic carbocycles. The first kappa shape index (κ1) is 15.1. The highest BCUT2D eigenvalue weighted by Crippen LogP contribution is 2.41. The van der Waals surface area contributed by atoms with Gasteiger partial charge in [0.25, 0.3) is 0 Å². The highest BCUT2D eigenvalue weighted by molar-refractivity contribution is 5.91. The number of nitrogens with one attached hydrogen (secondary N) is 1. The smallest absolute Gasteiger partial charge is 0.185 e. The summed E-state index contributed by atoms with van der Waals surface area (Å²) in [6.07, 6.45) is 1.53.